The Morgan fingerprint density at radius 1 is 1.33 bits per heavy atom. The van der Waals surface area contributed by atoms with Crippen LogP contribution in [0.2, 0.25) is 0 Å². The summed E-state index contributed by atoms with van der Waals surface area (Å²) < 4.78 is 38.2. The molecule has 2 N–H and O–H groups in total. The van der Waals surface area contributed by atoms with Crippen molar-refractivity contribution in [2.75, 3.05) is 0 Å². The summed E-state index contributed by atoms with van der Waals surface area (Å²) in [5.74, 6) is -0.895. The summed E-state index contributed by atoms with van der Waals surface area (Å²) in [5.41, 5.74) is 3.49. The minimum Gasteiger partial charge on any atom is -0.382 e. The van der Waals surface area contributed by atoms with Crippen molar-refractivity contribution in [1.82, 2.24) is 0 Å². The smallest absolute Gasteiger partial charge is 0.382 e. The number of carbonyl (C=O) groups is 1. The first-order valence-corrected chi connectivity index (χ1v) is 4.98. The van der Waals surface area contributed by atoms with E-state index in [9.17, 15) is 18.0 Å². The van der Waals surface area contributed by atoms with Crippen LogP contribution >= 0.6 is 0 Å². The first-order valence-electron chi connectivity index (χ1n) is 4.98. The fourth-order valence-corrected chi connectivity index (χ4v) is 1.05. The van der Waals surface area contributed by atoms with Crippen molar-refractivity contribution in [3.63, 3.8) is 0 Å². The van der Waals surface area contributed by atoms with Gasteiger partial charge < -0.3 is 10.6 Å². The van der Waals surface area contributed by atoms with E-state index in [1.165, 1.54) is 31.2 Å². The van der Waals surface area contributed by atoms with Crippen LogP contribution in [0.25, 0.3) is 0 Å². The van der Waals surface area contributed by atoms with E-state index in [0.717, 1.165) is 0 Å². The highest BCUT2D eigenvalue weighted by atomic mass is 19.4. The van der Waals surface area contributed by atoms with Gasteiger partial charge in [0.1, 0.15) is 0 Å². The molecule has 1 rings (SSSR count). The van der Waals surface area contributed by atoms with E-state index in [-0.39, 0.29) is 5.56 Å². The standard InChI is InChI=1S/C11H11F3N2O2/c1-7(10(15)17)18-16-9(11(12,13)14)8-5-3-2-4-6-8/h2-7H,1H3,(H2,15,17)/b16-9-. The van der Waals surface area contributed by atoms with Gasteiger partial charge in [-0.3, -0.25) is 4.79 Å². The summed E-state index contributed by atoms with van der Waals surface area (Å²) in [6.45, 7) is 1.21. The maximum Gasteiger partial charge on any atom is 0.437 e. The van der Waals surface area contributed by atoms with Crippen molar-refractivity contribution in [3.05, 3.63) is 35.9 Å². The average Bonchev–Trinajstić information content (AvgIpc) is 2.28. The molecule has 1 unspecified atom stereocenters. The summed E-state index contributed by atoms with van der Waals surface area (Å²) in [6, 6.07) is 6.93. The van der Waals surface area contributed by atoms with E-state index in [0.29, 0.717) is 0 Å². The molecule has 0 fully saturated rings. The predicted octanol–water partition coefficient (Wildman–Crippen LogP) is 1.84. The van der Waals surface area contributed by atoms with E-state index >= 15 is 0 Å². The van der Waals surface area contributed by atoms with Crippen molar-refractivity contribution in [2.45, 2.75) is 19.2 Å². The van der Waals surface area contributed by atoms with E-state index in [2.05, 4.69) is 9.99 Å². The summed E-state index contributed by atoms with van der Waals surface area (Å²) >= 11 is 0. The van der Waals surface area contributed by atoms with Crippen LogP contribution in [0.1, 0.15) is 12.5 Å². The Morgan fingerprint density at radius 3 is 2.33 bits per heavy atom. The molecule has 0 aliphatic carbocycles. The molecule has 1 amide bonds. The molecule has 0 radical (unpaired) electrons. The number of nitrogens with zero attached hydrogens (tertiary/aromatic N) is 1. The van der Waals surface area contributed by atoms with Gasteiger partial charge in [0.25, 0.3) is 5.91 Å². The van der Waals surface area contributed by atoms with E-state index < -0.39 is 23.9 Å². The van der Waals surface area contributed by atoms with Crippen molar-refractivity contribution < 1.29 is 22.8 Å². The van der Waals surface area contributed by atoms with Crippen LogP contribution in [0.4, 0.5) is 13.2 Å². The van der Waals surface area contributed by atoms with Gasteiger partial charge in [-0.2, -0.15) is 13.2 Å². The minimum absolute atomic E-state index is 0.151. The molecule has 1 aromatic rings. The molecule has 7 heteroatoms. The zero-order valence-corrected chi connectivity index (χ0v) is 9.44. The van der Waals surface area contributed by atoms with E-state index in [4.69, 9.17) is 5.73 Å². The maximum absolute atomic E-state index is 12.7. The summed E-state index contributed by atoms with van der Waals surface area (Å²) in [7, 11) is 0. The largest absolute Gasteiger partial charge is 0.437 e. The number of rotatable bonds is 4. The van der Waals surface area contributed by atoms with Crippen molar-refractivity contribution >= 4 is 11.6 Å². The zero-order valence-electron chi connectivity index (χ0n) is 9.44. The first-order chi connectivity index (χ1) is 8.32. The number of primary amides is 1. The Hall–Kier alpha value is -2.05. The lowest BCUT2D eigenvalue weighted by molar-refractivity contribution is -0.128. The Kier molecular flexibility index (Phi) is 4.30. The van der Waals surface area contributed by atoms with Gasteiger partial charge in [0.2, 0.25) is 6.10 Å². The molecule has 0 aliphatic heterocycles. The first kappa shape index (κ1) is 14.0. The van der Waals surface area contributed by atoms with Gasteiger partial charge in [-0.05, 0) is 6.92 Å². The number of hydrogen-bond donors (Lipinski definition) is 1. The van der Waals surface area contributed by atoms with Gasteiger partial charge in [-0.1, -0.05) is 35.5 Å². The maximum atomic E-state index is 12.7. The third-order valence-electron chi connectivity index (χ3n) is 2.02. The summed E-state index contributed by atoms with van der Waals surface area (Å²) in [6.07, 6.45) is -5.91. The van der Waals surface area contributed by atoms with Gasteiger partial charge >= 0.3 is 6.18 Å². The Balaban J connectivity index is 3.01. The molecule has 4 nitrogen and oxygen atoms in total. The number of carbonyl (C=O) groups excluding carboxylic acids is 1. The number of hydrogen-bond acceptors (Lipinski definition) is 3. The van der Waals surface area contributed by atoms with Gasteiger partial charge in [-0.25, -0.2) is 0 Å². The molecular formula is C11H11F3N2O2. The molecule has 0 aromatic heterocycles. The monoisotopic (exact) mass is 260 g/mol. The highest BCUT2D eigenvalue weighted by Gasteiger charge is 2.38. The summed E-state index contributed by atoms with van der Waals surface area (Å²) in [4.78, 5) is 15.1. The Morgan fingerprint density at radius 2 is 1.89 bits per heavy atom. The zero-order chi connectivity index (χ0) is 13.8. The molecule has 18 heavy (non-hydrogen) atoms. The third kappa shape index (κ3) is 3.76. The average molecular weight is 260 g/mol. The fourth-order valence-electron chi connectivity index (χ4n) is 1.05. The lowest BCUT2D eigenvalue weighted by atomic mass is 10.1. The van der Waals surface area contributed by atoms with Crippen LogP contribution in [0.5, 0.6) is 0 Å². The Labute approximate surface area is 101 Å². The van der Waals surface area contributed by atoms with Crippen LogP contribution in [0.3, 0.4) is 0 Å². The minimum atomic E-state index is -4.68. The second-order valence-electron chi connectivity index (χ2n) is 3.45. The van der Waals surface area contributed by atoms with Gasteiger partial charge in [0.05, 0.1) is 0 Å². The molecule has 0 saturated carbocycles. The number of halogens is 3. The fraction of sp³-hybridized carbons (Fsp3) is 0.273. The van der Waals surface area contributed by atoms with Crippen LogP contribution in [-0.4, -0.2) is 23.9 Å². The molecule has 0 spiro atoms. The molecule has 0 bridgehead atoms. The second kappa shape index (κ2) is 5.52. The van der Waals surface area contributed by atoms with Gasteiger partial charge in [-0.15, -0.1) is 0 Å². The molecule has 98 valence electrons. The number of alkyl halides is 3. The summed E-state index contributed by atoms with van der Waals surface area (Å²) in [5, 5.41) is 2.98. The van der Waals surface area contributed by atoms with Crippen molar-refractivity contribution in [2.24, 2.45) is 10.9 Å². The van der Waals surface area contributed by atoms with Crippen molar-refractivity contribution in [1.29, 1.82) is 0 Å². The van der Waals surface area contributed by atoms with Crippen LogP contribution in [0.15, 0.2) is 35.5 Å². The topological polar surface area (TPSA) is 64.7 Å². The van der Waals surface area contributed by atoms with E-state index in [1.807, 2.05) is 0 Å². The lowest BCUT2D eigenvalue weighted by Crippen LogP contribution is -2.29. The van der Waals surface area contributed by atoms with Crippen LogP contribution in [0, 0.1) is 0 Å². The number of amides is 1. The molecule has 1 atom stereocenters. The lowest BCUT2D eigenvalue weighted by Gasteiger charge is -2.11. The molecule has 0 aliphatic rings. The second-order valence-corrected chi connectivity index (χ2v) is 3.45. The number of benzene rings is 1. The Bertz CT molecular complexity index is 443. The number of nitrogens with two attached hydrogens (primary N) is 1. The van der Waals surface area contributed by atoms with Crippen LogP contribution in [-0.2, 0) is 9.63 Å². The van der Waals surface area contributed by atoms with Crippen molar-refractivity contribution in [3.8, 4) is 0 Å². The third-order valence-corrected chi connectivity index (χ3v) is 2.02. The highest BCUT2D eigenvalue weighted by Crippen LogP contribution is 2.22. The molecule has 1 aromatic carbocycles. The number of oxime groups is 1. The highest BCUT2D eigenvalue weighted by molar-refractivity contribution is 6.04. The molecule has 0 saturated heterocycles. The predicted molar refractivity (Wildman–Crippen MR) is 58.8 cm³/mol. The van der Waals surface area contributed by atoms with Gasteiger partial charge in [0.15, 0.2) is 5.71 Å². The quantitative estimate of drug-likeness (QED) is 0.663. The van der Waals surface area contributed by atoms with Crippen LogP contribution < -0.4 is 5.73 Å². The normalized spacial score (nSPS) is 14.1. The van der Waals surface area contributed by atoms with Gasteiger partial charge in [0, 0.05) is 5.56 Å². The van der Waals surface area contributed by atoms with E-state index in [1.54, 1.807) is 6.07 Å². The SMILES string of the molecule is CC(O/N=C(/c1ccccc1)C(F)(F)F)C(N)=O. The molecular weight excluding hydrogens is 249 g/mol. The molecule has 0 heterocycles.